The molecule has 0 saturated carbocycles. The predicted molar refractivity (Wildman–Crippen MR) is 145 cm³/mol. The van der Waals surface area contributed by atoms with Crippen LogP contribution in [-0.2, 0) is 6.42 Å². The summed E-state index contributed by atoms with van der Waals surface area (Å²) in [7, 11) is 0. The Bertz CT molecular complexity index is 1020. The maximum atomic E-state index is 15.3. The van der Waals surface area contributed by atoms with E-state index >= 15 is 4.39 Å². The van der Waals surface area contributed by atoms with E-state index in [1.807, 2.05) is 12.1 Å². The Morgan fingerprint density at radius 3 is 2.06 bits per heavy atom. The maximum Gasteiger partial charge on any atom is 0.201 e. The Kier molecular flexibility index (Phi) is 12.0. The number of aromatic amines is 1. The smallest absolute Gasteiger partial charge is 0.201 e. The molecule has 0 aliphatic rings. The number of nitrogens with one attached hydrogen (secondary N) is 1. The lowest BCUT2D eigenvalue weighted by Gasteiger charge is -2.15. The van der Waals surface area contributed by atoms with Crippen molar-refractivity contribution in [2.24, 2.45) is 0 Å². The van der Waals surface area contributed by atoms with Crippen LogP contribution in [0.5, 0.6) is 5.75 Å². The first kappa shape index (κ1) is 27.9. The molecule has 3 nitrogen and oxygen atoms in total. The third kappa shape index (κ3) is 8.18. The molecule has 1 aromatic heterocycles. The van der Waals surface area contributed by atoms with Crippen molar-refractivity contribution < 1.29 is 13.5 Å². The van der Waals surface area contributed by atoms with Gasteiger partial charge < -0.3 is 9.72 Å². The molecule has 36 heavy (non-hydrogen) atoms. The number of unbranched alkanes of at least 4 members (excludes halogenated alkanes) is 10. The molecule has 0 unspecified atom stereocenters. The third-order valence-electron chi connectivity index (χ3n) is 6.75. The van der Waals surface area contributed by atoms with Gasteiger partial charge in [-0.3, -0.25) is 0 Å². The summed E-state index contributed by atoms with van der Waals surface area (Å²) in [5, 5.41) is 0. The summed E-state index contributed by atoms with van der Waals surface area (Å²) in [4.78, 5) is 7.13. The topological polar surface area (TPSA) is 37.9 Å². The van der Waals surface area contributed by atoms with Crippen molar-refractivity contribution in [3.8, 4) is 28.3 Å². The van der Waals surface area contributed by atoms with Gasteiger partial charge in [-0.2, -0.15) is 4.39 Å². The molecule has 3 rings (SSSR count). The summed E-state index contributed by atoms with van der Waals surface area (Å²) in [5.41, 5.74) is 2.79. The standard InChI is InChI=1S/C31H42F2N2O/c1-3-5-7-9-11-13-15-24-16-18-25(19-17-24)26-23-27(36-22-14-12-10-8-6-4-2)29(32)30(33)28(26)31-34-20-21-35-31/h16-21,23H,3-15,22H2,1-2H3,(H,34,35). The fourth-order valence-corrected chi connectivity index (χ4v) is 4.59. The van der Waals surface area contributed by atoms with Crippen molar-refractivity contribution in [3.05, 3.63) is 59.9 Å². The summed E-state index contributed by atoms with van der Waals surface area (Å²) in [6, 6.07) is 9.78. The van der Waals surface area contributed by atoms with Crippen molar-refractivity contribution in [1.82, 2.24) is 9.97 Å². The van der Waals surface area contributed by atoms with E-state index in [-0.39, 0.29) is 11.3 Å². The second kappa shape index (κ2) is 15.4. The van der Waals surface area contributed by atoms with E-state index in [1.54, 1.807) is 18.5 Å². The molecule has 1 heterocycles. The van der Waals surface area contributed by atoms with Crippen LogP contribution in [0.15, 0.2) is 42.7 Å². The lowest BCUT2D eigenvalue weighted by molar-refractivity contribution is 0.285. The Morgan fingerprint density at radius 1 is 0.778 bits per heavy atom. The lowest BCUT2D eigenvalue weighted by Crippen LogP contribution is -2.04. The number of halogens is 2. The van der Waals surface area contributed by atoms with Crippen molar-refractivity contribution in [2.75, 3.05) is 6.61 Å². The molecule has 3 aromatic rings. The highest BCUT2D eigenvalue weighted by atomic mass is 19.2. The Morgan fingerprint density at radius 2 is 1.42 bits per heavy atom. The number of aryl methyl sites for hydroxylation is 1. The molecule has 0 aliphatic heterocycles. The predicted octanol–water partition coefficient (Wildman–Crippen LogP) is 9.66. The number of hydrogen-bond donors (Lipinski definition) is 1. The van der Waals surface area contributed by atoms with Crippen LogP contribution in [0, 0.1) is 11.6 Å². The Hall–Kier alpha value is -2.69. The van der Waals surface area contributed by atoms with E-state index in [2.05, 4.69) is 35.9 Å². The molecule has 1 N–H and O–H groups in total. The molecule has 0 aliphatic carbocycles. The van der Waals surface area contributed by atoms with Gasteiger partial charge in [0, 0.05) is 12.4 Å². The normalized spacial score (nSPS) is 11.2. The van der Waals surface area contributed by atoms with Gasteiger partial charge in [0.15, 0.2) is 11.6 Å². The zero-order chi connectivity index (χ0) is 25.6. The van der Waals surface area contributed by atoms with Crippen molar-refractivity contribution in [3.63, 3.8) is 0 Å². The van der Waals surface area contributed by atoms with Crippen molar-refractivity contribution in [2.45, 2.75) is 97.3 Å². The van der Waals surface area contributed by atoms with Crippen LogP contribution in [0.3, 0.4) is 0 Å². The first-order valence-corrected chi connectivity index (χ1v) is 13.9. The monoisotopic (exact) mass is 496 g/mol. The lowest BCUT2D eigenvalue weighted by atomic mass is 9.96. The highest BCUT2D eigenvalue weighted by Crippen LogP contribution is 2.38. The van der Waals surface area contributed by atoms with Crippen LogP contribution >= 0.6 is 0 Å². The van der Waals surface area contributed by atoms with E-state index in [0.717, 1.165) is 31.2 Å². The third-order valence-corrected chi connectivity index (χ3v) is 6.75. The van der Waals surface area contributed by atoms with E-state index < -0.39 is 11.6 Å². The fourth-order valence-electron chi connectivity index (χ4n) is 4.59. The number of imidazole rings is 1. The zero-order valence-corrected chi connectivity index (χ0v) is 22.1. The van der Waals surface area contributed by atoms with Gasteiger partial charge in [0.05, 0.1) is 12.2 Å². The Labute approximate surface area is 215 Å². The van der Waals surface area contributed by atoms with Crippen LogP contribution in [-0.4, -0.2) is 16.6 Å². The summed E-state index contributed by atoms with van der Waals surface area (Å²) >= 11 is 0. The van der Waals surface area contributed by atoms with E-state index in [4.69, 9.17) is 4.74 Å². The SMILES string of the molecule is CCCCCCCCOc1cc(-c2ccc(CCCCCCCC)cc2)c(-c2ncc[nH]2)c(F)c1F. The molecule has 2 aromatic carbocycles. The molecule has 0 saturated heterocycles. The molecular weight excluding hydrogens is 454 g/mol. The van der Waals surface area contributed by atoms with Gasteiger partial charge in [-0.25, -0.2) is 9.37 Å². The minimum absolute atomic E-state index is 0.0393. The van der Waals surface area contributed by atoms with E-state index in [9.17, 15) is 4.39 Å². The molecule has 0 fully saturated rings. The highest BCUT2D eigenvalue weighted by Gasteiger charge is 2.23. The summed E-state index contributed by atoms with van der Waals surface area (Å²) in [5.74, 6) is -1.63. The molecule has 0 atom stereocenters. The summed E-state index contributed by atoms with van der Waals surface area (Å²) < 4.78 is 36.1. The van der Waals surface area contributed by atoms with Gasteiger partial charge in [-0.1, -0.05) is 102 Å². The molecule has 0 spiro atoms. The number of nitrogens with zero attached hydrogens (tertiary/aromatic N) is 1. The first-order chi connectivity index (χ1) is 17.7. The average Bonchev–Trinajstić information content (AvgIpc) is 3.43. The van der Waals surface area contributed by atoms with Crippen LogP contribution in [0.4, 0.5) is 8.78 Å². The molecule has 196 valence electrons. The van der Waals surface area contributed by atoms with E-state index in [1.165, 1.54) is 63.4 Å². The van der Waals surface area contributed by atoms with Crippen LogP contribution in [0.2, 0.25) is 0 Å². The first-order valence-electron chi connectivity index (χ1n) is 13.9. The zero-order valence-electron chi connectivity index (χ0n) is 22.1. The largest absolute Gasteiger partial charge is 0.490 e. The number of rotatable bonds is 17. The van der Waals surface area contributed by atoms with Gasteiger partial charge in [-0.15, -0.1) is 0 Å². The number of aromatic nitrogens is 2. The van der Waals surface area contributed by atoms with Crippen molar-refractivity contribution in [1.29, 1.82) is 0 Å². The minimum Gasteiger partial charge on any atom is -0.490 e. The fraction of sp³-hybridized carbons (Fsp3) is 0.516. The Balaban J connectivity index is 1.73. The highest BCUT2D eigenvalue weighted by molar-refractivity contribution is 5.82. The van der Waals surface area contributed by atoms with Gasteiger partial charge in [0.2, 0.25) is 5.82 Å². The number of H-pyrrole nitrogens is 1. The summed E-state index contributed by atoms with van der Waals surface area (Å²) in [6.45, 7) is 4.79. The minimum atomic E-state index is -0.962. The van der Waals surface area contributed by atoms with E-state index in [0.29, 0.717) is 18.0 Å². The second-order valence-corrected chi connectivity index (χ2v) is 9.69. The van der Waals surface area contributed by atoms with Crippen LogP contribution in [0.1, 0.15) is 96.5 Å². The number of hydrogen-bond acceptors (Lipinski definition) is 2. The van der Waals surface area contributed by atoms with Gasteiger partial charge >= 0.3 is 0 Å². The number of benzene rings is 2. The van der Waals surface area contributed by atoms with Gasteiger partial charge in [0.25, 0.3) is 0 Å². The second-order valence-electron chi connectivity index (χ2n) is 9.69. The quantitative estimate of drug-likeness (QED) is 0.189. The maximum absolute atomic E-state index is 15.3. The summed E-state index contributed by atoms with van der Waals surface area (Å²) in [6.07, 6.45) is 18.4. The molecular formula is C31H42F2N2O. The van der Waals surface area contributed by atoms with Gasteiger partial charge in [0.1, 0.15) is 5.82 Å². The average molecular weight is 497 g/mol. The number of ether oxygens (including phenoxy) is 1. The van der Waals surface area contributed by atoms with Gasteiger partial charge in [-0.05, 0) is 42.0 Å². The molecule has 5 heteroatoms. The van der Waals surface area contributed by atoms with Crippen LogP contribution in [0.25, 0.3) is 22.5 Å². The molecule has 0 radical (unpaired) electrons. The van der Waals surface area contributed by atoms with Crippen molar-refractivity contribution >= 4 is 0 Å². The molecule has 0 bridgehead atoms. The molecule has 0 amide bonds. The van der Waals surface area contributed by atoms with Crippen LogP contribution < -0.4 is 4.74 Å².